The van der Waals surface area contributed by atoms with Crippen molar-refractivity contribution in [3.8, 4) is 0 Å². The van der Waals surface area contributed by atoms with Crippen LogP contribution in [0.4, 0.5) is 0 Å². The molecule has 0 aromatic heterocycles. The van der Waals surface area contributed by atoms with Crippen molar-refractivity contribution in [1.29, 1.82) is 0 Å². The van der Waals surface area contributed by atoms with Crippen molar-refractivity contribution >= 4 is 11.9 Å². The molecule has 0 saturated carbocycles. The summed E-state index contributed by atoms with van der Waals surface area (Å²) in [4.78, 5) is 24.6. The van der Waals surface area contributed by atoms with Gasteiger partial charge in [0.1, 0.15) is 6.54 Å². The third-order valence-corrected chi connectivity index (χ3v) is 3.06. The fourth-order valence-corrected chi connectivity index (χ4v) is 2.04. The van der Waals surface area contributed by atoms with Crippen molar-refractivity contribution in [2.24, 2.45) is 5.92 Å². The summed E-state index contributed by atoms with van der Waals surface area (Å²) >= 11 is 0. The molecule has 1 aliphatic heterocycles. The van der Waals surface area contributed by atoms with Crippen LogP contribution >= 0.6 is 0 Å². The van der Waals surface area contributed by atoms with Gasteiger partial charge in [-0.15, -0.1) is 0 Å². The molecule has 1 fully saturated rings. The average Bonchev–Trinajstić information content (AvgIpc) is 2.58. The smallest absolute Gasteiger partial charge is 0.323 e. The minimum absolute atomic E-state index is 0.120. The highest BCUT2D eigenvalue weighted by atomic mass is 16.5. The molecular weight excluding hydrogens is 222 g/mol. The molecule has 98 valence electrons. The van der Waals surface area contributed by atoms with Crippen molar-refractivity contribution in [3.63, 3.8) is 0 Å². The molecule has 2 atom stereocenters. The Hall–Kier alpha value is -1.10. The lowest BCUT2D eigenvalue weighted by Gasteiger charge is -2.36. The van der Waals surface area contributed by atoms with E-state index in [1.165, 1.54) is 4.90 Å². The van der Waals surface area contributed by atoms with E-state index in [0.29, 0.717) is 13.0 Å². The lowest BCUT2D eigenvalue weighted by atomic mass is 9.97. The number of aliphatic carboxylic acids is 1. The van der Waals surface area contributed by atoms with Gasteiger partial charge in [0.15, 0.2) is 0 Å². The van der Waals surface area contributed by atoms with E-state index in [1.54, 1.807) is 0 Å². The lowest BCUT2D eigenvalue weighted by molar-refractivity contribution is -0.151. The van der Waals surface area contributed by atoms with Crippen LogP contribution in [-0.2, 0) is 14.3 Å². The molecule has 0 spiro atoms. The van der Waals surface area contributed by atoms with E-state index in [-0.39, 0.29) is 24.5 Å². The van der Waals surface area contributed by atoms with Gasteiger partial charge in [0.2, 0.25) is 5.91 Å². The van der Waals surface area contributed by atoms with Crippen LogP contribution in [0.15, 0.2) is 0 Å². The van der Waals surface area contributed by atoms with Crippen LogP contribution < -0.4 is 0 Å². The standard InChI is InChI=1S/C12H21NO4/c1-8-9(5-6-17-8)11(16)13(7-10(14)15)12(2,3)4/h8-9H,5-7H2,1-4H3,(H,14,15). The van der Waals surface area contributed by atoms with Crippen molar-refractivity contribution < 1.29 is 19.4 Å². The predicted molar refractivity (Wildman–Crippen MR) is 62.6 cm³/mol. The predicted octanol–water partition coefficient (Wildman–Crippen LogP) is 1.12. The first kappa shape index (κ1) is 14.0. The second-order valence-corrected chi connectivity index (χ2v) is 5.46. The number of carbonyl (C=O) groups excluding carboxylic acids is 1. The van der Waals surface area contributed by atoms with Crippen molar-refractivity contribution in [1.82, 2.24) is 4.90 Å². The van der Waals surface area contributed by atoms with E-state index in [2.05, 4.69) is 0 Å². The number of hydrogen-bond acceptors (Lipinski definition) is 3. The average molecular weight is 243 g/mol. The highest BCUT2D eigenvalue weighted by molar-refractivity contribution is 5.84. The quantitative estimate of drug-likeness (QED) is 0.806. The van der Waals surface area contributed by atoms with Gasteiger partial charge in [-0.2, -0.15) is 0 Å². The number of carboxylic acid groups (broad SMARTS) is 1. The summed E-state index contributed by atoms with van der Waals surface area (Å²) in [7, 11) is 0. The number of carbonyl (C=O) groups is 2. The van der Waals surface area contributed by atoms with E-state index < -0.39 is 11.5 Å². The Balaban J connectivity index is 2.83. The number of rotatable bonds is 3. The molecule has 0 aromatic carbocycles. The maximum atomic E-state index is 12.3. The molecule has 2 unspecified atom stereocenters. The van der Waals surface area contributed by atoms with Crippen LogP contribution in [0.25, 0.3) is 0 Å². The number of nitrogens with zero attached hydrogens (tertiary/aromatic N) is 1. The fourth-order valence-electron chi connectivity index (χ4n) is 2.04. The van der Waals surface area contributed by atoms with Gasteiger partial charge < -0.3 is 14.7 Å². The molecule has 1 saturated heterocycles. The zero-order valence-electron chi connectivity index (χ0n) is 10.9. The highest BCUT2D eigenvalue weighted by Gasteiger charge is 2.38. The second kappa shape index (κ2) is 5.04. The molecule has 1 N–H and O–H groups in total. The fraction of sp³-hybridized carbons (Fsp3) is 0.833. The number of carboxylic acids is 1. The Labute approximate surface area is 102 Å². The zero-order chi connectivity index (χ0) is 13.2. The van der Waals surface area contributed by atoms with Crippen molar-refractivity contribution in [3.05, 3.63) is 0 Å². The Morgan fingerprint density at radius 3 is 2.35 bits per heavy atom. The summed E-state index contributed by atoms with van der Waals surface area (Å²) in [5.74, 6) is -1.32. The largest absolute Gasteiger partial charge is 0.480 e. The molecule has 17 heavy (non-hydrogen) atoms. The summed E-state index contributed by atoms with van der Waals surface area (Å²) < 4.78 is 5.36. The number of amides is 1. The van der Waals surface area contributed by atoms with Gasteiger partial charge in [-0.25, -0.2) is 0 Å². The van der Waals surface area contributed by atoms with Crippen LogP contribution in [0.2, 0.25) is 0 Å². The number of hydrogen-bond donors (Lipinski definition) is 1. The van der Waals surface area contributed by atoms with Gasteiger partial charge in [0.05, 0.1) is 12.0 Å². The van der Waals surface area contributed by atoms with Gasteiger partial charge >= 0.3 is 5.97 Å². The molecular formula is C12H21NO4. The highest BCUT2D eigenvalue weighted by Crippen LogP contribution is 2.26. The molecule has 1 heterocycles. The molecule has 5 nitrogen and oxygen atoms in total. The van der Waals surface area contributed by atoms with Crippen LogP contribution in [0.3, 0.4) is 0 Å². The third kappa shape index (κ3) is 3.43. The Kier molecular flexibility index (Phi) is 4.14. The maximum Gasteiger partial charge on any atom is 0.323 e. The molecule has 5 heteroatoms. The minimum atomic E-state index is -0.986. The number of ether oxygens (including phenoxy) is 1. The Morgan fingerprint density at radius 2 is 2.00 bits per heavy atom. The van der Waals surface area contributed by atoms with Crippen molar-refractivity contribution in [2.75, 3.05) is 13.2 Å². The molecule has 1 rings (SSSR count). The monoisotopic (exact) mass is 243 g/mol. The summed E-state index contributed by atoms with van der Waals surface area (Å²) in [6, 6.07) is 0. The second-order valence-electron chi connectivity index (χ2n) is 5.46. The molecule has 1 aliphatic rings. The maximum absolute atomic E-state index is 12.3. The summed E-state index contributed by atoms with van der Waals surface area (Å²) in [6.07, 6.45) is 0.549. The topological polar surface area (TPSA) is 66.8 Å². The molecule has 0 radical (unpaired) electrons. The van der Waals surface area contributed by atoms with Gasteiger partial charge in [-0.1, -0.05) is 0 Å². The third-order valence-electron chi connectivity index (χ3n) is 3.06. The summed E-state index contributed by atoms with van der Waals surface area (Å²) in [5.41, 5.74) is -0.488. The molecule has 1 amide bonds. The van der Waals surface area contributed by atoms with E-state index in [1.807, 2.05) is 27.7 Å². The molecule has 0 aromatic rings. The summed E-state index contributed by atoms with van der Waals surface area (Å²) in [6.45, 7) is 7.70. The normalized spacial score (nSPS) is 24.7. The molecule has 0 bridgehead atoms. The molecule has 0 aliphatic carbocycles. The van der Waals surface area contributed by atoms with Gasteiger partial charge in [-0.3, -0.25) is 9.59 Å². The first-order valence-corrected chi connectivity index (χ1v) is 5.88. The van der Waals surface area contributed by atoms with E-state index in [9.17, 15) is 9.59 Å². The minimum Gasteiger partial charge on any atom is -0.480 e. The van der Waals surface area contributed by atoms with Crippen LogP contribution in [0, 0.1) is 5.92 Å². The van der Waals surface area contributed by atoms with E-state index in [4.69, 9.17) is 9.84 Å². The first-order valence-electron chi connectivity index (χ1n) is 5.88. The van der Waals surface area contributed by atoms with Crippen molar-refractivity contribution in [2.45, 2.75) is 45.8 Å². The van der Waals surface area contributed by atoms with Crippen LogP contribution in [0.1, 0.15) is 34.1 Å². The Morgan fingerprint density at radius 1 is 1.41 bits per heavy atom. The Bertz CT molecular complexity index is 308. The lowest BCUT2D eigenvalue weighted by Crippen LogP contribution is -2.51. The summed E-state index contributed by atoms with van der Waals surface area (Å²) in [5, 5.41) is 8.88. The van der Waals surface area contributed by atoms with E-state index in [0.717, 1.165) is 0 Å². The first-order chi connectivity index (χ1) is 7.73. The van der Waals surface area contributed by atoms with E-state index >= 15 is 0 Å². The van der Waals surface area contributed by atoms with Crippen LogP contribution in [-0.4, -0.2) is 46.7 Å². The van der Waals surface area contributed by atoms with Crippen LogP contribution in [0.5, 0.6) is 0 Å². The van der Waals surface area contributed by atoms with Gasteiger partial charge in [0, 0.05) is 12.1 Å². The van der Waals surface area contributed by atoms with Gasteiger partial charge in [-0.05, 0) is 34.1 Å². The zero-order valence-corrected chi connectivity index (χ0v) is 10.9. The SMILES string of the molecule is CC1OCCC1C(=O)N(CC(=O)O)C(C)(C)C. The van der Waals surface area contributed by atoms with Gasteiger partial charge in [0.25, 0.3) is 0 Å².